The number of carbonyl (C=O) groups is 1. The van der Waals surface area contributed by atoms with E-state index in [2.05, 4.69) is 29.2 Å². The summed E-state index contributed by atoms with van der Waals surface area (Å²) in [4.78, 5) is 18.3. The van der Waals surface area contributed by atoms with Gasteiger partial charge in [-0.25, -0.2) is 0 Å². The van der Waals surface area contributed by atoms with Crippen molar-refractivity contribution >= 4 is 17.5 Å². The molecule has 1 aliphatic heterocycles. The van der Waals surface area contributed by atoms with Crippen LogP contribution in [0.4, 0.5) is 0 Å². The van der Waals surface area contributed by atoms with Crippen LogP contribution in [0.25, 0.3) is 0 Å². The Kier molecular flexibility index (Phi) is 7.95. The topological polar surface area (TPSA) is 43.8 Å². The first-order valence-electron chi connectivity index (χ1n) is 12.5. The van der Waals surface area contributed by atoms with Crippen molar-refractivity contribution in [3.8, 4) is 0 Å². The van der Waals surface area contributed by atoms with Gasteiger partial charge in [-0.2, -0.15) is 0 Å². The number of carbonyl (C=O) groups excluding carboxylic acids is 1. The van der Waals surface area contributed by atoms with E-state index < -0.39 is 11.0 Å². The SMILES string of the molecule is CCN(C)C(=O)C(CCN1CCC(O)(c2ccc(Cl)cc2)CC1)(c1ccccc1)c1ccccc1. The fourth-order valence-electron chi connectivity index (χ4n) is 5.25. The average Bonchev–Trinajstić information content (AvgIpc) is 2.91. The highest BCUT2D eigenvalue weighted by molar-refractivity contribution is 6.30. The molecule has 0 radical (unpaired) electrons. The van der Waals surface area contributed by atoms with Crippen LogP contribution in [0.3, 0.4) is 0 Å². The summed E-state index contributed by atoms with van der Waals surface area (Å²) in [6, 6.07) is 27.9. The molecule has 1 amide bonds. The van der Waals surface area contributed by atoms with Gasteiger partial charge in [0.15, 0.2) is 0 Å². The van der Waals surface area contributed by atoms with Crippen molar-refractivity contribution in [3.63, 3.8) is 0 Å². The first-order valence-corrected chi connectivity index (χ1v) is 12.8. The second-order valence-corrected chi connectivity index (χ2v) is 10.0. The van der Waals surface area contributed by atoms with Crippen LogP contribution in [-0.2, 0) is 15.8 Å². The van der Waals surface area contributed by atoms with Crippen LogP contribution < -0.4 is 0 Å². The highest BCUT2D eigenvalue weighted by atomic mass is 35.5. The van der Waals surface area contributed by atoms with Crippen molar-refractivity contribution in [1.29, 1.82) is 0 Å². The number of halogens is 1. The molecule has 1 N–H and O–H groups in total. The van der Waals surface area contributed by atoms with Crippen LogP contribution in [0.5, 0.6) is 0 Å². The maximum atomic E-state index is 14.0. The van der Waals surface area contributed by atoms with Gasteiger partial charge in [-0.1, -0.05) is 84.4 Å². The standard InChI is InChI=1S/C30H35ClN2O2/c1-3-32(2)28(34)30(25-10-6-4-7-11-25,26-12-8-5-9-13-26)20-23-33-21-18-29(35,19-22-33)24-14-16-27(31)17-15-24/h4-17,35H,3,18-23H2,1-2H3. The summed E-state index contributed by atoms with van der Waals surface area (Å²) in [5, 5.41) is 12.0. The number of likely N-dealkylation sites (tertiary alicyclic amines) is 1. The summed E-state index contributed by atoms with van der Waals surface area (Å²) < 4.78 is 0. The Bertz CT molecular complexity index is 1050. The maximum absolute atomic E-state index is 14.0. The highest BCUT2D eigenvalue weighted by Crippen LogP contribution is 2.39. The molecule has 3 aromatic carbocycles. The lowest BCUT2D eigenvalue weighted by molar-refractivity contribution is -0.135. The lowest BCUT2D eigenvalue weighted by Gasteiger charge is -2.41. The Morgan fingerprint density at radius 2 is 1.46 bits per heavy atom. The summed E-state index contributed by atoms with van der Waals surface area (Å²) in [5.41, 5.74) is 1.36. The zero-order valence-electron chi connectivity index (χ0n) is 20.7. The molecule has 0 aromatic heterocycles. The minimum Gasteiger partial charge on any atom is -0.385 e. The molecule has 0 saturated carbocycles. The molecule has 0 spiro atoms. The van der Waals surface area contributed by atoms with Gasteiger partial charge in [0.25, 0.3) is 0 Å². The lowest BCUT2D eigenvalue weighted by atomic mass is 9.70. The largest absolute Gasteiger partial charge is 0.385 e. The fraction of sp³-hybridized carbons (Fsp3) is 0.367. The Morgan fingerprint density at radius 1 is 0.943 bits per heavy atom. The molecule has 0 bridgehead atoms. The van der Waals surface area contributed by atoms with E-state index in [0.717, 1.165) is 36.3 Å². The number of hydrogen-bond donors (Lipinski definition) is 1. The lowest BCUT2D eigenvalue weighted by Crippen LogP contribution is -2.49. The summed E-state index contributed by atoms with van der Waals surface area (Å²) in [6.07, 6.45) is 1.98. The van der Waals surface area contributed by atoms with Gasteiger partial charge in [0.1, 0.15) is 5.41 Å². The van der Waals surface area contributed by atoms with E-state index in [1.165, 1.54) is 0 Å². The molecule has 3 aromatic rings. The van der Waals surface area contributed by atoms with E-state index in [0.29, 0.717) is 30.8 Å². The van der Waals surface area contributed by atoms with Crippen LogP contribution in [-0.4, -0.2) is 54.0 Å². The number of hydrogen-bond acceptors (Lipinski definition) is 3. The summed E-state index contributed by atoms with van der Waals surface area (Å²) >= 11 is 6.04. The smallest absolute Gasteiger partial charge is 0.237 e. The van der Waals surface area contributed by atoms with Crippen molar-refractivity contribution < 1.29 is 9.90 Å². The number of amides is 1. The Hall–Kier alpha value is -2.66. The van der Waals surface area contributed by atoms with Gasteiger partial charge >= 0.3 is 0 Å². The minimum atomic E-state index is -0.838. The highest BCUT2D eigenvalue weighted by Gasteiger charge is 2.44. The molecule has 1 aliphatic rings. The molecule has 184 valence electrons. The summed E-state index contributed by atoms with van der Waals surface area (Å²) in [5.74, 6) is 0.118. The van der Waals surface area contributed by atoms with Gasteiger partial charge in [0, 0.05) is 31.7 Å². The van der Waals surface area contributed by atoms with E-state index >= 15 is 0 Å². The number of likely N-dealkylation sites (N-methyl/N-ethyl adjacent to an activating group) is 1. The molecule has 1 heterocycles. The fourth-order valence-corrected chi connectivity index (χ4v) is 5.37. The molecule has 35 heavy (non-hydrogen) atoms. The first kappa shape index (κ1) is 25.4. The van der Waals surface area contributed by atoms with E-state index in [1.807, 2.05) is 79.5 Å². The number of piperidine rings is 1. The Balaban J connectivity index is 1.59. The van der Waals surface area contributed by atoms with Crippen molar-refractivity contribution in [2.75, 3.05) is 33.2 Å². The molecule has 1 fully saturated rings. The van der Waals surface area contributed by atoms with Crippen LogP contribution >= 0.6 is 11.6 Å². The third-order valence-corrected chi connectivity index (χ3v) is 7.84. The zero-order valence-corrected chi connectivity index (χ0v) is 21.4. The normalized spacial score (nSPS) is 16.1. The zero-order chi connectivity index (χ0) is 24.9. The monoisotopic (exact) mass is 490 g/mol. The molecule has 0 unspecified atom stereocenters. The predicted molar refractivity (Wildman–Crippen MR) is 143 cm³/mol. The number of benzene rings is 3. The van der Waals surface area contributed by atoms with E-state index in [4.69, 9.17) is 11.6 Å². The predicted octanol–water partition coefficient (Wildman–Crippen LogP) is 5.48. The van der Waals surface area contributed by atoms with Crippen LogP contribution in [0.2, 0.25) is 5.02 Å². The summed E-state index contributed by atoms with van der Waals surface area (Å²) in [7, 11) is 1.89. The Morgan fingerprint density at radius 3 is 1.94 bits per heavy atom. The number of aliphatic hydroxyl groups is 1. The molecule has 5 heteroatoms. The molecule has 0 aliphatic carbocycles. The first-order chi connectivity index (χ1) is 16.9. The quantitative estimate of drug-likeness (QED) is 0.455. The minimum absolute atomic E-state index is 0.118. The average molecular weight is 491 g/mol. The number of rotatable bonds is 8. The molecular weight excluding hydrogens is 456 g/mol. The van der Waals surface area contributed by atoms with E-state index in [9.17, 15) is 9.90 Å². The maximum Gasteiger partial charge on any atom is 0.237 e. The van der Waals surface area contributed by atoms with Crippen LogP contribution in [0, 0.1) is 0 Å². The molecular formula is C30H35ClN2O2. The molecule has 1 saturated heterocycles. The Labute approximate surface area is 214 Å². The van der Waals surface area contributed by atoms with E-state index in [1.54, 1.807) is 0 Å². The number of nitrogens with zero attached hydrogens (tertiary/aromatic N) is 2. The van der Waals surface area contributed by atoms with Gasteiger partial charge in [0.2, 0.25) is 5.91 Å². The van der Waals surface area contributed by atoms with Crippen LogP contribution in [0.15, 0.2) is 84.9 Å². The second kappa shape index (κ2) is 10.9. The summed E-state index contributed by atoms with van der Waals surface area (Å²) in [6.45, 7) is 4.98. The van der Waals surface area contributed by atoms with Crippen molar-refractivity contribution in [2.45, 2.75) is 37.2 Å². The van der Waals surface area contributed by atoms with Gasteiger partial charge in [0.05, 0.1) is 5.60 Å². The van der Waals surface area contributed by atoms with E-state index in [-0.39, 0.29) is 5.91 Å². The van der Waals surface area contributed by atoms with Gasteiger partial charge in [-0.3, -0.25) is 4.79 Å². The van der Waals surface area contributed by atoms with Crippen molar-refractivity contribution in [3.05, 3.63) is 107 Å². The van der Waals surface area contributed by atoms with Gasteiger partial charge < -0.3 is 14.9 Å². The third-order valence-electron chi connectivity index (χ3n) is 7.59. The second-order valence-electron chi connectivity index (χ2n) is 9.59. The van der Waals surface area contributed by atoms with Gasteiger partial charge in [-0.05, 0) is 61.6 Å². The van der Waals surface area contributed by atoms with Crippen molar-refractivity contribution in [1.82, 2.24) is 9.80 Å². The third kappa shape index (κ3) is 5.30. The molecule has 0 atom stereocenters. The van der Waals surface area contributed by atoms with Gasteiger partial charge in [-0.15, -0.1) is 0 Å². The van der Waals surface area contributed by atoms with Crippen molar-refractivity contribution in [2.24, 2.45) is 0 Å². The van der Waals surface area contributed by atoms with Crippen LogP contribution in [0.1, 0.15) is 42.9 Å². The molecule has 4 nitrogen and oxygen atoms in total. The molecule has 4 rings (SSSR count).